The highest BCUT2D eigenvalue weighted by Gasteiger charge is 2.17. The van der Waals surface area contributed by atoms with E-state index in [1.54, 1.807) is 6.92 Å². The Bertz CT molecular complexity index is 342. The van der Waals surface area contributed by atoms with Crippen LogP contribution in [0.1, 0.15) is 6.92 Å². The van der Waals surface area contributed by atoms with Gasteiger partial charge in [-0.1, -0.05) is 0 Å². The lowest BCUT2D eigenvalue weighted by molar-refractivity contribution is 0.233. The van der Waals surface area contributed by atoms with Crippen molar-refractivity contribution in [2.75, 3.05) is 13.2 Å². The van der Waals surface area contributed by atoms with Crippen LogP contribution in [0.4, 0.5) is 8.78 Å². The summed E-state index contributed by atoms with van der Waals surface area (Å²) in [6.45, 7) is 2.11. The highest BCUT2D eigenvalue weighted by atomic mass is 19.2. The number of nitrogens with two attached hydrogens (primary N) is 2. The van der Waals surface area contributed by atoms with Gasteiger partial charge < -0.3 is 16.2 Å². The Morgan fingerprint density at radius 1 is 1.33 bits per heavy atom. The molecule has 15 heavy (non-hydrogen) atoms. The molecule has 0 bridgehead atoms. The highest BCUT2D eigenvalue weighted by Crippen LogP contribution is 2.16. The molecule has 1 aromatic rings. The van der Waals surface area contributed by atoms with Crippen molar-refractivity contribution in [1.82, 2.24) is 0 Å². The first-order chi connectivity index (χ1) is 6.94. The smallest absolute Gasteiger partial charge is 0.162 e. The number of ether oxygens (including phenoxy) is 1. The van der Waals surface area contributed by atoms with Gasteiger partial charge in [0.25, 0.3) is 0 Å². The minimum absolute atomic E-state index is 0.147. The molecule has 3 nitrogen and oxygen atoms in total. The maximum absolute atomic E-state index is 12.8. The molecule has 0 saturated heterocycles. The first kappa shape index (κ1) is 11.9. The standard InChI is InChI=1S/C10H14F2N2O/c1-10(14,5-13)6-15-7-2-3-8(11)9(12)4-7/h2-4H,5-6,13-14H2,1H3/t10-/m1/s1. The molecule has 1 rings (SSSR count). The van der Waals surface area contributed by atoms with E-state index in [4.69, 9.17) is 16.2 Å². The fraction of sp³-hybridized carbons (Fsp3) is 0.400. The molecule has 0 aliphatic rings. The number of rotatable bonds is 4. The molecule has 1 atom stereocenters. The maximum atomic E-state index is 12.8. The maximum Gasteiger partial charge on any atom is 0.162 e. The Hall–Kier alpha value is -1.20. The van der Waals surface area contributed by atoms with Crippen molar-refractivity contribution in [2.24, 2.45) is 11.5 Å². The number of halogens is 2. The fourth-order valence-corrected chi connectivity index (χ4v) is 0.874. The monoisotopic (exact) mass is 216 g/mol. The summed E-state index contributed by atoms with van der Waals surface area (Å²) in [5, 5.41) is 0. The van der Waals surface area contributed by atoms with Gasteiger partial charge in [0, 0.05) is 12.6 Å². The first-order valence-electron chi connectivity index (χ1n) is 4.51. The van der Waals surface area contributed by atoms with Crippen LogP contribution in [-0.2, 0) is 0 Å². The minimum Gasteiger partial charge on any atom is -0.492 e. The number of benzene rings is 1. The van der Waals surface area contributed by atoms with Crippen LogP contribution >= 0.6 is 0 Å². The van der Waals surface area contributed by atoms with Gasteiger partial charge in [0.05, 0.1) is 5.54 Å². The Morgan fingerprint density at radius 2 is 2.00 bits per heavy atom. The van der Waals surface area contributed by atoms with Gasteiger partial charge in [-0.25, -0.2) is 8.78 Å². The van der Waals surface area contributed by atoms with Crippen molar-refractivity contribution < 1.29 is 13.5 Å². The number of hydrogen-bond donors (Lipinski definition) is 2. The molecule has 0 saturated carbocycles. The van der Waals surface area contributed by atoms with E-state index in [-0.39, 0.29) is 18.9 Å². The highest BCUT2D eigenvalue weighted by molar-refractivity contribution is 5.23. The normalized spacial score (nSPS) is 14.7. The Kier molecular flexibility index (Phi) is 3.60. The van der Waals surface area contributed by atoms with E-state index in [9.17, 15) is 8.78 Å². The molecule has 0 fully saturated rings. The van der Waals surface area contributed by atoms with Gasteiger partial charge >= 0.3 is 0 Å². The molecule has 0 unspecified atom stereocenters. The minimum atomic E-state index is -0.945. The van der Waals surface area contributed by atoms with E-state index in [1.165, 1.54) is 6.07 Å². The van der Waals surface area contributed by atoms with Crippen molar-refractivity contribution in [3.63, 3.8) is 0 Å². The average molecular weight is 216 g/mol. The summed E-state index contributed by atoms with van der Waals surface area (Å²) >= 11 is 0. The van der Waals surface area contributed by atoms with Crippen molar-refractivity contribution in [3.8, 4) is 5.75 Å². The summed E-state index contributed by atoms with van der Waals surface area (Å²) in [7, 11) is 0. The molecule has 5 heteroatoms. The lowest BCUT2D eigenvalue weighted by Crippen LogP contribution is -2.49. The summed E-state index contributed by atoms with van der Waals surface area (Å²) in [5.74, 6) is -1.62. The molecular formula is C10H14F2N2O. The molecule has 4 N–H and O–H groups in total. The SMILES string of the molecule is C[C@@](N)(CN)COc1ccc(F)c(F)c1. The van der Waals surface area contributed by atoms with Crippen molar-refractivity contribution in [2.45, 2.75) is 12.5 Å². The largest absolute Gasteiger partial charge is 0.492 e. The molecule has 0 spiro atoms. The van der Waals surface area contributed by atoms with Gasteiger partial charge in [0.2, 0.25) is 0 Å². The molecule has 0 amide bonds. The van der Waals surface area contributed by atoms with Gasteiger partial charge in [-0.05, 0) is 19.1 Å². The summed E-state index contributed by atoms with van der Waals surface area (Å²) < 4.78 is 30.5. The third-order valence-corrected chi connectivity index (χ3v) is 1.93. The Morgan fingerprint density at radius 3 is 2.53 bits per heavy atom. The Balaban J connectivity index is 2.62. The fourth-order valence-electron chi connectivity index (χ4n) is 0.874. The third kappa shape index (κ3) is 3.45. The predicted octanol–water partition coefficient (Wildman–Crippen LogP) is 1.02. The molecule has 0 aliphatic carbocycles. The second kappa shape index (κ2) is 4.55. The summed E-state index contributed by atoms with van der Waals surface area (Å²) in [6, 6.07) is 3.31. The van der Waals surface area contributed by atoms with E-state index in [0.717, 1.165) is 12.1 Å². The molecule has 1 aromatic carbocycles. The van der Waals surface area contributed by atoms with E-state index in [0.29, 0.717) is 0 Å². The van der Waals surface area contributed by atoms with Gasteiger partial charge in [0.15, 0.2) is 11.6 Å². The van der Waals surface area contributed by atoms with Gasteiger partial charge in [-0.15, -0.1) is 0 Å². The van der Waals surface area contributed by atoms with E-state index in [1.807, 2.05) is 0 Å². The van der Waals surface area contributed by atoms with E-state index < -0.39 is 17.2 Å². The molecule has 0 heterocycles. The molecule has 0 aliphatic heterocycles. The second-order valence-corrected chi connectivity index (χ2v) is 3.72. The average Bonchev–Trinajstić information content (AvgIpc) is 2.20. The van der Waals surface area contributed by atoms with Crippen LogP contribution in [0.25, 0.3) is 0 Å². The number of hydrogen-bond acceptors (Lipinski definition) is 3. The molecular weight excluding hydrogens is 202 g/mol. The molecule has 84 valence electrons. The first-order valence-corrected chi connectivity index (χ1v) is 4.51. The lowest BCUT2D eigenvalue weighted by Gasteiger charge is -2.22. The van der Waals surface area contributed by atoms with Gasteiger partial charge in [-0.2, -0.15) is 0 Å². The second-order valence-electron chi connectivity index (χ2n) is 3.72. The predicted molar refractivity (Wildman–Crippen MR) is 53.5 cm³/mol. The van der Waals surface area contributed by atoms with Crippen LogP contribution in [0.15, 0.2) is 18.2 Å². The van der Waals surface area contributed by atoms with Crippen LogP contribution in [0.2, 0.25) is 0 Å². The van der Waals surface area contributed by atoms with E-state index >= 15 is 0 Å². The van der Waals surface area contributed by atoms with Crippen LogP contribution in [0.3, 0.4) is 0 Å². The zero-order chi connectivity index (χ0) is 11.5. The van der Waals surface area contributed by atoms with Crippen LogP contribution in [-0.4, -0.2) is 18.7 Å². The quantitative estimate of drug-likeness (QED) is 0.789. The van der Waals surface area contributed by atoms with Crippen molar-refractivity contribution in [3.05, 3.63) is 29.8 Å². The Labute approximate surface area is 87.0 Å². The summed E-state index contributed by atoms with van der Waals surface area (Å²) in [6.07, 6.45) is 0. The van der Waals surface area contributed by atoms with Crippen LogP contribution in [0, 0.1) is 11.6 Å². The zero-order valence-electron chi connectivity index (χ0n) is 8.47. The van der Waals surface area contributed by atoms with E-state index in [2.05, 4.69) is 0 Å². The van der Waals surface area contributed by atoms with Gasteiger partial charge in [0.1, 0.15) is 12.4 Å². The third-order valence-electron chi connectivity index (χ3n) is 1.93. The van der Waals surface area contributed by atoms with Crippen molar-refractivity contribution >= 4 is 0 Å². The summed E-state index contributed by atoms with van der Waals surface area (Å²) in [5.41, 5.74) is 10.4. The van der Waals surface area contributed by atoms with Gasteiger partial charge in [-0.3, -0.25) is 0 Å². The zero-order valence-corrected chi connectivity index (χ0v) is 8.47. The van der Waals surface area contributed by atoms with Crippen LogP contribution < -0.4 is 16.2 Å². The molecule has 0 radical (unpaired) electrons. The molecule has 0 aromatic heterocycles. The summed E-state index contributed by atoms with van der Waals surface area (Å²) in [4.78, 5) is 0. The van der Waals surface area contributed by atoms with Crippen LogP contribution in [0.5, 0.6) is 5.75 Å². The lowest BCUT2D eigenvalue weighted by atomic mass is 10.1. The van der Waals surface area contributed by atoms with Crippen molar-refractivity contribution in [1.29, 1.82) is 0 Å². The topological polar surface area (TPSA) is 61.3 Å².